The van der Waals surface area contributed by atoms with E-state index in [4.69, 9.17) is 4.74 Å². The van der Waals surface area contributed by atoms with Gasteiger partial charge in [-0.1, -0.05) is 6.07 Å². The lowest BCUT2D eigenvalue weighted by molar-refractivity contribution is -0.150. The molecule has 19 heavy (non-hydrogen) atoms. The zero-order chi connectivity index (χ0) is 13.7. The summed E-state index contributed by atoms with van der Waals surface area (Å²) in [5.41, 5.74) is 0.662. The number of carbonyl (C=O) groups excluding carboxylic acids is 2. The first-order valence-electron chi connectivity index (χ1n) is 6.25. The first kappa shape index (κ1) is 13.3. The maximum atomic E-state index is 11.6. The molecule has 0 aliphatic heterocycles. The van der Waals surface area contributed by atoms with Crippen molar-refractivity contribution in [3.05, 3.63) is 36.2 Å². The summed E-state index contributed by atoms with van der Waals surface area (Å²) in [7, 11) is 0. The van der Waals surface area contributed by atoms with Crippen molar-refractivity contribution in [3.63, 3.8) is 0 Å². The number of aromatic nitrogens is 1. The number of amides is 1. The van der Waals surface area contributed by atoms with Gasteiger partial charge in [-0.3, -0.25) is 9.78 Å². The Morgan fingerprint density at radius 3 is 2.89 bits per heavy atom. The Kier molecular flexibility index (Phi) is 4.28. The molecule has 1 heterocycles. The minimum Gasteiger partial charge on any atom is -0.449 e. The van der Waals surface area contributed by atoms with Crippen LogP contribution in [0.15, 0.2) is 30.5 Å². The van der Waals surface area contributed by atoms with Crippen molar-refractivity contribution in [1.82, 2.24) is 10.3 Å². The van der Waals surface area contributed by atoms with E-state index in [1.54, 1.807) is 31.3 Å². The number of ether oxygens (including phenoxy) is 1. The topological polar surface area (TPSA) is 68.3 Å². The molecule has 100 valence electrons. The molecule has 1 aliphatic rings. The van der Waals surface area contributed by atoms with Gasteiger partial charge in [0.25, 0.3) is 5.91 Å². The first-order chi connectivity index (χ1) is 9.15. The zero-order valence-corrected chi connectivity index (χ0v) is 10.7. The van der Waals surface area contributed by atoms with Gasteiger partial charge >= 0.3 is 5.97 Å². The second-order valence-electron chi connectivity index (χ2n) is 4.45. The molecule has 1 atom stereocenters. The van der Waals surface area contributed by atoms with Gasteiger partial charge in [-0.05, 0) is 38.0 Å². The second-order valence-corrected chi connectivity index (χ2v) is 4.45. The van der Waals surface area contributed by atoms with Gasteiger partial charge in [-0.2, -0.15) is 0 Å². The monoisotopic (exact) mass is 260 g/mol. The minimum absolute atomic E-state index is 0.248. The smallest absolute Gasteiger partial charge is 0.331 e. The van der Waals surface area contributed by atoms with Crippen LogP contribution in [0.25, 0.3) is 6.08 Å². The summed E-state index contributed by atoms with van der Waals surface area (Å²) in [6, 6.07) is 5.65. The van der Waals surface area contributed by atoms with Crippen LogP contribution in [0.4, 0.5) is 0 Å². The molecule has 0 aromatic carbocycles. The number of carbonyl (C=O) groups is 2. The number of hydrogen-bond donors (Lipinski definition) is 1. The van der Waals surface area contributed by atoms with Crippen molar-refractivity contribution in [2.45, 2.75) is 31.9 Å². The first-order valence-corrected chi connectivity index (χ1v) is 6.25. The molecule has 1 fully saturated rings. The maximum absolute atomic E-state index is 11.6. The Hall–Kier alpha value is -2.17. The van der Waals surface area contributed by atoms with Gasteiger partial charge in [0.1, 0.15) is 0 Å². The van der Waals surface area contributed by atoms with E-state index in [-0.39, 0.29) is 11.9 Å². The number of esters is 1. The highest BCUT2D eigenvalue weighted by Crippen LogP contribution is 2.18. The van der Waals surface area contributed by atoms with Crippen LogP contribution >= 0.6 is 0 Å². The maximum Gasteiger partial charge on any atom is 0.331 e. The molecular weight excluding hydrogens is 244 g/mol. The fourth-order valence-electron chi connectivity index (χ4n) is 1.44. The van der Waals surface area contributed by atoms with Gasteiger partial charge in [-0.15, -0.1) is 0 Å². The molecule has 5 nitrogen and oxygen atoms in total. The molecule has 0 saturated heterocycles. The molecule has 2 rings (SSSR count). The Bertz CT molecular complexity index is 481. The van der Waals surface area contributed by atoms with E-state index in [0.29, 0.717) is 5.69 Å². The molecule has 0 radical (unpaired) electrons. The van der Waals surface area contributed by atoms with Gasteiger partial charge < -0.3 is 10.1 Å². The van der Waals surface area contributed by atoms with Crippen LogP contribution in [0.3, 0.4) is 0 Å². The van der Waals surface area contributed by atoms with E-state index in [9.17, 15) is 9.59 Å². The second kappa shape index (κ2) is 6.13. The summed E-state index contributed by atoms with van der Waals surface area (Å²) in [4.78, 5) is 27.1. The van der Waals surface area contributed by atoms with Crippen molar-refractivity contribution < 1.29 is 14.3 Å². The molecule has 1 aromatic rings. The summed E-state index contributed by atoms with van der Waals surface area (Å²) < 4.78 is 5.00. The van der Waals surface area contributed by atoms with E-state index in [0.717, 1.165) is 12.8 Å². The number of hydrogen-bond acceptors (Lipinski definition) is 4. The summed E-state index contributed by atoms with van der Waals surface area (Å²) >= 11 is 0. The lowest BCUT2D eigenvalue weighted by Gasteiger charge is -2.11. The molecule has 1 N–H and O–H groups in total. The third-order valence-electron chi connectivity index (χ3n) is 2.66. The number of rotatable bonds is 5. The predicted octanol–water partition coefficient (Wildman–Crippen LogP) is 1.31. The van der Waals surface area contributed by atoms with Gasteiger partial charge in [0.2, 0.25) is 0 Å². The number of nitrogens with one attached hydrogen (secondary N) is 1. The molecule has 1 aromatic heterocycles. The molecule has 1 saturated carbocycles. The summed E-state index contributed by atoms with van der Waals surface area (Å²) in [5.74, 6) is -0.800. The molecular formula is C14H16N2O3. The molecule has 0 bridgehead atoms. The molecule has 5 heteroatoms. The van der Waals surface area contributed by atoms with Gasteiger partial charge in [0.05, 0.1) is 5.69 Å². The molecule has 1 amide bonds. The van der Waals surface area contributed by atoms with E-state index in [2.05, 4.69) is 10.3 Å². The lowest BCUT2D eigenvalue weighted by Crippen LogP contribution is -2.36. The predicted molar refractivity (Wildman–Crippen MR) is 70.0 cm³/mol. The molecule has 0 spiro atoms. The summed E-state index contributed by atoms with van der Waals surface area (Å²) in [5, 5.41) is 2.78. The lowest BCUT2D eigenvalue weighted by atomic mass is 10.3. The Morgan fingerprint density at radius 2 is 2.26 bits per heavy atom. The van der Waals surface area contributed by atoms with Gasteiger partial charge in [-0.25, -0.2) is 4.79 Å². The summed E-state index contributed by atoms with van der Waals surface area (Å²) in [6.07, 6.45) is 5.69. The zero-order valence-electron chi connectivity index (χ0n) is 10.7. The van der Waals surface area contributed by atoms with Crippen molar-refractivity contribution >= 4 is 18.0 Å². The SMILES string of the molecule is CC(OC(=O)/C=C/c1ccccn1)C(=O)NC1CC1. The molecule has 1 unspecified atom stereocenters. The fraction of sp³-hybridized carbons (Fsp3) is 0.357. The largest absolute Gasteiger partial charge is 0.449 e. The summed E-state index contributed by atoms with van der Waals surface area (Å²) in [6.45, 7) is 1.56. The van der Waals surface area contributed by atoms with Crippen LogP contribution in [0.2, 0.25) is 0 Å². The van der Waals surface area contributed by atoms with E-state index in [1.807, 2.05) is 6.07 Å². The average Bonchev–Trinajstić information content (AvgIpc) is 3.21. The van der Waals surface area contributed by atoms with E-state index in [1.165, 1.54) is 6.08 Å². The third kappa shape index (κ3) is 4.54. The Labute approximate surface area is 111 Å². The van der Waals surface area contributed by atoms with Crippen LogP contribution in [-0.4, -0.2) is 29.0 Å². The normalized spacial score (nSPS) is 16.1. The van der Waals surface area contributed by atoms with Crippen LogP contribution in [0.5, 0.6) is 0 Å². The van der Waals surface area contributed by atoms with E-state index >= 15 is 0 Å². The highest BCUT2D eigenvalue weighted by Gasteiger charge is 2.26. The molecule has 1 aliphatic carbocycles. The van der Waals surface area contributed by atoms with Gasteiger partial charge in [0, 0.05) is 18.3 Å². The standard InChI is InChI=1S/C14H16N2O3/c1-10(14(18)16-12-5-6-12)19-13(17)8-7-11-4-2-3-9-15-11/h2-4,7-10,12H,5-6H2,1H3,(H,16,18)/b8-7+. The van der Waals surface area contributed by atoms with Crippen LogP contribution in [0.1, 0.15) is 25.5 Å². The minimum atomic E-state index is -0.776. The van der Waals surface area contributed by atoms with Crippen LogP contribution in [0, 0.1) is 0 Å². The third-order valence-corrected chi connectivity index (χ3v) is 2.66. The van der Waals surface area contributed by atoms with Crippen molar-refractivity contribution in [3.8, 4) is 0 Å². The van der Waals surface area contributed by atoms with Crippen molar-refractivity contribution in [2.24, 2.45) is 0 Å². The Balaban J connectivity index is 1.79. The highest BCUT2D eigenvalue weighted by atomic mass is 16.5. The highest BCUT2D eigenvalue weighted by molar-refractivity contribution is 5.90. The number of pyridine rings is 1. The van der Waals surface area contributed by atoms with Crippen molar-refractivity contribution in [1.29, 1.82) is 0 Å². The van der Waals surface area contributed by atoms with Crippen molar-refractivity contribution in [2.75, 3.05) is 0 Å². The number of nitrogens with zero attached hydrogens (tertiary/aromatic N) is 1. The Morgan fingerprint density at radius 1 is 1.47 bits per heavy atom. The average molecular weight is 260 g/mol. The van der Waals surface area contributed by atoms with E-state index < -0.39 is 12.1 Å². The van der Waals surface area contributed by atoms with Crippen LogP contribution < -0.4 is 5.32 Å². The van der Waals surface area contributed by atoms with Gasteiger partial charge in [0.15, 0.2) is 6.10 Å². The quantitative estimate of drug-likeness (QED) is 0.640. The van der Waals surface area contributed by atoms with Crippen LogP contribution in [-0.2, 0) is 14.3 Å². The fourth-order valence-corrected chi connectivity index (χ4v) is 1.44.